The van der Waals surface area contributed by atoms with E-state index in [9.17, 15) is 0 Å². The molecule has 24 heavy (non-hydrogen) atoms. The maximum absolute atomic E-state index is 5.28. The molecular weight excluding hydrogens is 294 g/mol. The second-order valence-corrected chi connectivity index (χ2v) is 6.57. The summed E-state index contributed by atoms with van der Waals surface area (Å²) < 4.78 is 5.28. The van der Waals surface area contributed by atoms with Crippen LogP contribution in [0.15, 0.2) is 66.7 Å². The molecule has 122 valence electrons. The van der Waals surface area contributed by atoms with Gasteiger partial charge in [-0.25, -0.2) is 0 Å². The van der Waals surface area contributed by atoms with Crippen molar-refractivity contribution in [2.75, 3.05) is 18.6 Å². The van der Waals surface area contributed by atoms with Gasteiger partial charge in [-0.3, -0.25) is 0 Å². The highest BCUT2D eigenvalue weighted by molar-refractivity contribution is 5.83. The van der Waals surface area contributed by atoms with Gasteiger partial charge in [0.25, 0.3) is 0 Å². The third-order valence-corrected chi connectivity index (χ3v) is 5.07. The van der Waals surface area contributed by atoms with Crippen molar-refractivity contribution >= 4 is 16.5 Å². The van der Waals surface area contributed by atoms with Crippen molar-refractivity contribution in [1.82, 2.24) is 0 Å². The van der Waals surface area contributed by atoms with Crippen molar-refractivity contribution in [3.05, 3.63) is 72.3 Å². The second-order valence-electron chi connectivity index (χ2n) is 6.57. The van der Waals surface area contributed by atoms with Crippen LogP contribution in [0.3, 0.4) is 0 Å². The van der Waals surface area contributed by atoms with Crippen LogP contribution in [0, 0.1) is 0 Å². The zero-order valence-electron chi connectivity index (χ0n) is 14.1. The summed E-state index contributed by atoms with van der Waals surface area (Å²) in [5, 5.41) is 2.66. The van der Waals surface area contributed by atoms with Crippen LogP contribution in [-0.4, -0.2) is 19.7 Å². The maximum atomic E-state index is 5.28. The molecule has 0 saturated carbocycles. The highest BCUT2D eigenvalue weighted by Gasteiger charge is 2.24. The molecule has 2 nitrogen and oxygen atoms in total. The van der Waals surface area contributed by atoms with E-state index in [0.29, 0.717) is 6.04 Å². The molecule has 0 aliphatic carbocycles. The highest BCUT2D eigenvalue weighted by atomic mass is 16.5. The van der Waals surface area contributed by atoms with E-state index >= 15 is 0 Å². The van der Waals surface area contributed by atoms with Gasteiger partial charge in [0, 0.05) is 18.3 Å². The zero-order valence-corrected chi connectivity index (χ0v) is 14.1. The Morgan fingerprint density at radius 1 is 0.958 bits per heavy atom. The van der Waals surface area contributed by atoms with Gasteiger partial charge < -0.3 is 9.64 Å². The third kappa shape index (κ3) is 2.96. The van der Waals surface area contributed by atoms with E-state index in [1.165, 1.54) is 34.9 Å². The third-order valence-electron chi connectivity index (χ3n) is 5.07. The monoisotopic (exact) mass is 317 g/mol. The summed E-state index contributed by atoms with van der Waals surface area (Å²) in [5.41, 5.74) is 2.73. The molecule has 0 aromatic heterocycles. The van der Waals surface area contributed by atoms with E-state index in [1.807, 2.05) is 0 Å². The van der Waals surface area contributed by atoms with Gasteiger partial charge >= 0.3 is 0 Å². The molecular formula is C22H23NO. The van der Waals surface area contributed by atoms with Crippen molar-refractivity contribution < 1.29 is 4.74 Å². The van der Waals surface area contributed by atoms with E-state index in [2.05, 4.69) is 71.6 Å². The Balaban J connectivity index is 1.55. The van der Waals surface area contributed by atoms with Crippen molar-refractivity contribution in [2.24, 2.45) is 0 Å². The highest BCUT2D eigenvalue weighted by Crippen LogP contribution is 2.29. The Morgan fingerprint density at radius 2 is 1.75 bits per heavy atom. The normalized spacial score (nSPS) is 17.4. The van der Waals surface area contributed by atoms with Crippen LogP contribution in [-0.2, 0) is 6.42 Å². The van der Waals surface area contributed by atoms with Crippen molar-refractivity contribution in [1.29, 1.82) is 0 Å². The molecule has 1 aliphatic heterocycles. The number of hydrogen-bond acceptors (Lipinski definition) is 2. The number of benzene rings is 3. The van der Waals surface area contributed by atoms with E-state index in [1.54, 1.807) is 7.11 Å². The van der Waals surface area contributed by atoms with E-state index in [4.69, 9.17) is 4.74 Å². The van der Waals surface area contributed by atoms with Crippen LogP contribution in [0.25, 0.3) is 10.8 Å². The number of anilines is 1. The molecule has 1 unspecified atom stereocenters. The summed E-state index contributed by atoms with van der Waals surface area (Å²) in [7, 11) is 1.72. The summed E-state index contributed by atoms with van der Waals surface area (Å²) in [5.74, 6) is 0.920. The lowest BCUT2D eigenvalue weighted by Crippen LogP contribution is -2.30. The average molecular weight is 317 g/mol. The van der Waals surface area contributed by atoms with E-state index in [0.717, 1.165) is 18.7 Å². The lowest BCUT2D eigenvalue weighted by atomic mass is 10.00. The number of methoxy groups -OCH3 is 1. The molecule has 1 aliphatic rings. The Morgan fingerprint density at radius 3 is 2.54 bits per heavy atom. The molecule has 1 heterocycles. The molecule has 0 amide bonds. The number of hydrogen-bond donors (Lipinski definition) is 0. The Hall–Kier alpha value is -2.48. The standard InChI is InChI=1S/C22H23NO/c1-24-22-12-10-20(11-13-22)23-14-4-7-21(23)16-17-8-9-18-5-2-3-6-19(18)15-17/h2-3,5-6,8-13,15,21H,4,7,14,16H2,1H3. The number of ether oxygens (including phenoxy) is 1. The minimum absolute atomic E-state index is 0.583. The van der Waals surface area contributed by atoms with E-state index < -0.39 is 0 Å². The smallest absolute Gasteiger partial charge is 0.119 e. The van der Waals surface area contributed by atoms with Crippen LogP contribution in [0.2, 0.25) is 0 Å². The van der Waals surface area contributed by atoms with Crippen LogP contribution in [0.5, 0.6) is 5.75 Å². The minimum Gasteiger partial charge on any atom is -0.497 e. The first kappa shape index (κ1) is 15.1. The molecule has 0 spiro atoms. The lowest BCUT2D eigenvalue weighted by Gasteiger charge is -2.27. The predicted molar refractivity (Wildman–Crippen MR) is 101 cm³/mol. The molecule has 0 N–H and O–H groups in total. The van der Waals surface area contributed by atoms with Gasteiger partial charge in [0.1, 0.15) is 5.75 Å². The molecule has 3 aromatic rings. The molecule has 1 atom stereocenters. The average Bonchev–Trinajstić information content (AvgIpc) is 3.10. The maximum Gasteiger partial charge on any atom is 0.119 e. The van der Waals surface area contributed by atoms with Crippen LogP contribution >= 0.6 is 0 Å². The van der Waals surface area contributed by atoms with Crippen LogP contribution in [0.1, 0.15) is 18.4 Å². The molecule has 0 radical (unpaired) electrons. The molecule has 1 saturated heterocycles. The SMILES string of the molecule is COc1ccc(N2CCCC2Cc2ccc3ccccc3c2)cc1. The first-order valence-corrected chi connectivity index (χ1v) is 8.72. The van der Waals surface area contributed by atoms with Gasteiger partial charge in [0.15, 0.2) is 0 Å². The fraction of sp³-hybridized carbons (Fsp3) is 0.273. The number of rotatable bonds is 4. The van der Waals surface area contributed by atoms with Crippen molar-refractivity contribution in [2.45, 2.75) is 25.3 Å². The van der Waals surface area contributed by atoms with Crippen molar-refractivity contribution in [3.63, 3.8) is 0 Å². The quantitative estimate of drug-likeness (QED) is 0.667. The first-order valence-electron chi connectivity index (χ1n) is 8.72. The van der Waals surface area contributed by atoms with E-state index in [-0.39, 0.29) is 0 Å². The first-order chi connectivity index (χ1) is 11.8. The molecule has 0 bridgehead atoms. The van der Waals surface area contributed by atoms with Gasteiger partial charge in [-0.2, -0.15) is 0 Å². The summed E-state index contributed by atoms with van der Waals surface area (Å²) in [6.07, 6.45) is 3.64. The van der Waals surface area contributed by atoms with Gasteiger partial charge in [-0.1, -0.05) is 42.5 Å². The van der Waals surface area contributed by atoms with Crippen molar-refractivity contribution in [3.8, 4) is 5.75 Å². The van der Waals surface area contributed by atoms with Crippen LogP contribution in [0.4, 0.5) is 5.69 Å². The second kappa shape index (κ2) is 6.56. The molecule has 3 aromatic carbocycles. The summed E-state index contributed by atoms with van der Waals surface area (Å²) in [6.45, 7) is 1.14. The van der Waals surface area contributed by atoms with Gasteiger partial charge in [-0.15, -0.1) is 0 Å². The lowest BCUT2D eigenvalue weighted by molar-refractivity contribution is 0.415. The van der Waals surface area contributed by atoms with Gasteiger partial charge in [0.2, 0.25) is 0 Å². The Labute approximate surface area is 143 Å². The van der Waals surface area contributed by atoms with Gasteiger partial charge in [-0.05, 0) is 59.9 Å². The van der Waals surface area contributed by atoms with Gasteiger partial charge in [0.05, 0.1) is 7.11 Å². The largest absolute Gasteiger partial charge is 0.497 e. The minimum atomic E-state index is 0.583. The molecule has 2 heteroatoms. The zero-order chi connectivity index (χ0) is 16.4. The fourth-order valence-corrected chi connectivity index (χ4v) is 3.80. The predicted octanol–water partition coefficient (Wildman–Crippen LogP) is 5.06. The summed E-state index contributed by atoms with van der Waals surface area (Å²) >= 11 is 0. The fourth-order valence-electron chi connectivity index (χ4n) is 3.80. The summed E-state index contributed by atoms with van der Waals surface area (Å²) in [6, 6.07) is 24.5. The van der Waals surface area contributed by atoms with Crippen LogP contribution < -0.4 is 9.64 Å². The molecule has 1 fully saturated rings. The molecule has 4 rings (SSSR count). The Bertz CT molecular complexity index is 825. The Kier molecular flexibility index (Phi) is 4.12. The number of nitrogens with zero attached hydrogens (tertiary/aromatic N) is 1. The topological polar surface area (TPSA) is 12.5 Å². The summed E-state index contributed by atoms with van der Waals surface area (Å²) in [4.78, 5) is 2.55. The number of fused-ring (bicyclic) bond motifs is 1.